The van der Waals surface area contributed by atoms with E-state index in [-0.39, 0.29) is 6.04 Å². The van der Waals surface area contributed by atoms with Gasteiger partial charge in [-0.3, -0.25) is 9.58 Å². The maximum Gasteiger partial charge on any atom is 0.0589 e. The zero-order valence-electron chi connectivity index (χ0n) is 11.4. The summed E-state index contributed by atoms with van der Waals surface area (Å²) in [6.45, 7) is 5.88. The first-order chi connectivity index (χ1) is 8.76. The molecule has 1 aliphatic rings. The van der Waals surface area contributed by atoms with E-state index < -0.39 is 0 Å². The van der Waals surface area contributed by atoms with E-state index in [1.165, 1.54) is 5.56 Å². The molecule has 0 aliphatic carbocycles. The quantitative estimate of drug-likeness (QED) is 0.821. The van der Waals surface area contributed by atoms with Crippen LogP contribution < -0.4 is 5.73 Å². The van der Waals surface area contributed by atoms with E-state index in [0.717, 1.165) is 39.1 Å². The topological polar surface area (TPSA) is 56.3 Å². The Balaban J connectivity index is 2.06. The molecule has 2 N–H and O–H groups in total. The van der Waals surface area contributed by atoms with Crippen molar-refractivity contribution in [2.75, 3.05) is 26.8 Å². The number of hydrogen-bond donors (Lipinski definition) is 1. The van der Waals surface area contributed by atoms with E-state index in [0.29, 0.717) is 6.04 Å². The number of aromatic nitrogens is 2. The molecule has 1 aromatic rings. The van der Waals surface area contributed by atoms with Crippen LogP contribution in [0.15, 0.2) is 12.4 Å². The molecule has 0 saturated carbocycles. The van der Waals surface area contributed by atoms with Crippen molar-refractivity contribution in [3.05, 3.63) is 18.0 Å². The summed E-state index contributed by atoms with van der Waals surface area (Å²) >= 11 is 0. The average Bonchev–Trinajstić information content (AvgIpc) is 2.94. The molecular weight excluding hydrogens is 228 g/mol. The first-order valence-electron chi connectivity index (χ1n) is 6.77. The normalized spacial score (nSPS) is 24.8. The van der Waals surface area contributed by atoms with Gasteiger partial charge in [-0.2, -0.15) is 5.10 Å². The maximum atomic E-state index is 6.24. The molecule has 18 heavy (non-hydrogen) atoms. The molecule has 0 spiro atoms. The Morgan fingerprint density at radius 3 is 3.06 bits per heavy atom. The van der Waals surface area contributed by atoms with E-state index in [1.54, 1.807) is 7.11 Å². The molecule has 102 valence electrons. The van der Waals surface area contributed by atoms with E-state index in [1.807, 2.05) is 10.9 Å². The Kier molecular flexibility index (Phi) is 4.74. The van der Waals surface area contributed by atoms with Crippen LogP contribution in [0, 0.1) is 0 Å². The minimum Gasteiger partial charge on any atom is -0.383 e. The van der Waals surface area contributed by atoms with Crippen molar-refractivity contribution < 1.29 is 4.74 Å². The van der Waals surface area contributed by atoms with Gasteiger partial charge in [0.2, 0.25) is 0 Å². The monoisotopic (exact) mass is 252 g/mol. The van der Waals surface area contributed by atoms with Gasteiger partial charge < -0.3 is 10.5 Å². The lowest BCUT2D eigenvalue weighted by atomic mass is 10.0. The van der Waals surface area contributed by atoms with Crippen molar-refractivity contribution in [2.24, 2.45) is 5.73 Å². The Bertz CT molecular complexity index is 366. The number of nitrogens with zero attached hydrogens (tertiary/aromatic N) is 3. The van der Waals surface area contributed by atoms with Gasteiger partial charge in [0.05, 0.1) is 18.8 Å². The van der Waals surface area contributed by atoms with E-state index in [9.17, 15) is 0 Å². The lowest BCUT2D eigenvalue weighted by molar-refractivity contribution is 0.139. The number of nitrogens with two attached hydrogens (primary N) is 1. The molecule has 1 aliphatic heterocycles. The highest BCUT2D eigenvalue weighted by Gasteiger charge is 2.33. The molecule has 5 heteroatoms. The number of likely N-dealkylation sites (tertiary alicyclic amines) is 1. The third kappa shape index (κ3) is 2.91. The standard InChI is InChI=1S/C13H24N4O/c1-3-5-17-10-11(9-15-17)13-12(14)4-6-16(13)7-8-18-2/h9-10,12-13H,3-8,14H2,1-2H3. The fourth-order valence-electron chi connectivity index (χ4n) is 2.68. The van der Waals surface area contributed by atoms with Crippen molar-refractivity contribution in [1.82, 2.24) is 14.7 Å². The molecule has 0 radical (unpaired) electrons. The number of ether oxygens (including phenoxy) is 1. The summed E-state index contributed by atoms with van der Waals surface area (Å²) in [7, 11) is 1.74. The number of rotatable bonds is 6. The minimum atomic E-state index is 0.209. The number of hydrogen-bond acceptors (Lipinski definition) is 4. The fourth-order valence-corrected chi connectivity index (χ4v) is 2.68. The van der Waals surface area contributed by atoms with Gasteiger partial charge in [-0.25, -0.2) is 0 Å². The second kappa shape index (κ2) is 6.31. The Hall–Kier alpha value is -0.910. The van der Waals surface area contributed by atoms with Crippen LogP contribution in [-0.2, 0) is 11.3 Å². The molecule has 0 aromatic carbocycles. The molecule has 0 bridgehead atoms. The van der Waals surface area contributed by atoms with Gasteiger partial charge >= 0.3 is 0 Å². The zero-order chi connectivity index (χ0) is 13.0. The Labute approximate surface area is 109 Å². The van der Waals surface area contributed by atoms with Gasteiger partial charge in [0, 0.05) is 44.5 Å². The molecule has 1 aromatic heterocycles. The van der Waals surface area contributed by atoms with Crippen LogP contribution in [0.4, 0.5) is 0 Å². The Morgan fingerprint density at radius 1 is 1.50 bits per heavy atom. The highest BCUT2D eigenvalue weighted by molar-refractivity contribution is 5.15. The first kappa shape index (κ1) is 13.5. The van der Waals surface area contributed by atoms with Crippen LogP contribution in [0.25, 0.3) is 0 Å². The smallest absolute Gasteiger partial charge is 0.0589 e. The van der Waals surface area contributed by atoms with Crippen molar-refractivity contribution in [3.8, 4) is 0 Å². The highest BCUT2D eigenvalue weighted by atomic mass is 16.5. The number of aryl methyl sites for hydroxylation is 1. The van der Waals surface area contributed by atoms with Crippen molar-refractivity contribution >= 4 is 0 Å². The third-order valence-electron chi connectivity index (χ3n) is 3.58. The summed E-state index contributed by atoms with van der Waals surface area (Å²) in [6, 6.07) is 0.506. The van der Waals surface area contributed by atoms with Gasteiger partial charge in [0.25, 0.3) is 0 Å². The van der Waals surface area contributed by atoms with E-state index in [4.69, 9.17) is 10.5 Å². The summed E-state index contributed by atoms with van der Waals surface area (Å²) in [5, 5.41) is 4.40. The highest BCUT2D eigenvalue weighted by Crippen LogP contribution is 2.30. The molecule has 1 saturated heterocycles. The number of methoxy groups -OCH3 is 1. The first-order valence-corrected chi connectivity index (χ1v) is 6.77. The average molecular weight is 252 g/mol. The Morgan fingerprint density at radius 2 is 2.33 bits per heavy atom. The molecule has 5 nitrogen and oxygen atoms in total. The van der Waals surface area contributed by atoms with Gasteiger partial charge in [-0.1, -0.05) is 6.92 Å². The van der Waals surface area contributed by atoms with Crippen molar-refractivity contribution in [2.45, 2.75) is 38.4 Å². The molecule has 2 unspecified atom stereocenters. The SMILES string of the molecule is CCCn1cc(C2C(N)CCN2CCOC)cn1. The largest absolute Gasteiger partial charge is 0.383 e. The van der Waals surface area contributed by atoms with Crippen LogP contribution in [0.5, 0.6) is 0 Å². The van der Waals surface area contributed by atoms with E-state index in [2.05, 4.69) is 23.1 Å². The lowest BCUT2D eigenvalue weighted by Crippen LogP contribution is -2.33. The summed E-state index contributed by atoms with van der Waals surface area (Å²) in [5.74, 6) is 0. The predicted molar refractivity (Wildman–Crippen MR) is 71.3 cm³/mol. The predicted octanol–water partition coefficient (Wildman–Crippen LogP) is 1.01. The molecule has 0 amide bonds. The van der Waals surface area contributed by atoms with Gasteiger partial charge in [0.1, 0.15) is 0 Å². The minimum absolute atomic E-state index is 0.209. The van der Waals surface area contributed by atoms with Gasteiger partial charge in [-0.05, 0) is 12.8 Å². The molecule has 1 fully saturated rings. The van der Waals surface area contributed by atoms with Crippen LogP contribution >= 0.6 is 0 Å². The molecular formula is C13H24N4O. The van der Waals surface area contributed by atoms with Crippen LogP contribution in [0.1, 0.15) is 31.4 Å². The second-order valence-electron chi connectivity index (χ2n) is 4.96. The van der Waals surface area contributed by atoms with Crippen LogP contribution in [0.2, 0.25) is 0 Å². The van der Waals surface area contributed by atoms with Gasteiger partial charge in [0.15, 0.2) is 0 Å². The van der Waals surface area contributed by atoms with E-state index >= 15 is 0 Å². The van der Waals surface area contributed by atoms with Crippen molar-refractivity contribution in [3.63, 3.8) is 0 Å². The van der Waals surface area contributed by atoms with Crippen molar-refractivity contribution in [1.29, 1.82) is 0 Å². The molecule has 2 heterocycles. The lowest BCUT2D eigenvalue weighted by Gasteiger charge is -2.25. The molecule has 2 rings (SSSR count). The summed E-state index contributed by atoms with van der Waals surface area (Å²) < 4.78 is 7.17. The maximum absolute atomic E-state index is 6.24. The van der Waals surface area contributed by atoms with Gasteiger partial charge in [-0.15, -0.1) is 0 Å². The summed E-state index contributed by atoms with van der Waals surface area (Å²) in [6.07, 6.45) is 6.25. The third-order valence-corrected chi connectivity index (χ3v) is 3.58. The van der Waals surface area contributed by atoms with Crippen LogP contribution in [-0.4, -0.2) is 47.5 Å². The zero-order valence-corrected chi connectivity index (χ0v) is 11.4. The fraction of sp³-hybridized carbons (Fsp3) is 0.769. The molecule has 2 atom stereocenters. The second-order valence-corrected chi connectivity index (χ2v) is 4.96. The van der Waals surface area contributed by atoms with Crippen LogP contribution in [0.3, 0.4) is 0 Å². The summed E-state index contributed by atoms with van der Waals surface area (Å²) in [5.41, 5.74) is 7.48. The summed E-state index contributed by atoms with van der Waals surface area (Å²) in [4.78, 5) is 2.40.